The van der Waals surface area contributed by atoms with Crippen molar-refractivity contribution >= 4 is 27.0 Å². The molecule has 2 rings (SSSR count). The zero-order valence-electron chi connectivity index (χ0n) is 9.84. The predicted octanol–water partition coefficient (Wildman–Crippen LogP) is 2.87. The van der Waals surface area contributed by atoms with Gasteiger partial charge in [-0.05, 0) is 37.3 Å². The molecule has 0 aliphatic heterocycles. The Bertz CT molecular complexity index is 760. The molecule has 0 aliphatic carbocycles. The van der Waals surface area contributed by atoms with E-state index in [0.717, 1.165) is 28.3 Å². The van der Waals surface area contributed by atoms with Crippen molar-refractivity contribution in [2.24, 2.45) is 0 Å². The molecule has 0 radical (unpaired) electrons. The van der Waals surface area contributed by atoms with Crippen LogP contribution in [0, 0.1) is 24.1 Å². The van der Waals surface area contributed by atoms with E-state index in [1.54, 1.807) is 19.1 Å². The summed E-state index contributed by atoms with van der Waals surface area (Å²) in [5.74, 6) is -0.591. The van der Waals surface area contributed by atoms with Gasteiger partial charge in [-0.1, -0.05) is 0 Å². The van der Waals surface area contributed by atoms with E-state index in [0.29, 0.717) is 0 Å². The molecule has 0 bridgehead atoms. The maximum absolute atomic E-state index is 13.0. The lowest BCUT2D eigenvalue weighted by molar-refractivity contribution is 0.603. The summed E-state index contributed by atoms with van der Waals surface area (Å²) in [6.07, 6.45) is 0. The Morgan fingerprint density at radius 3 is 2.63 bits per heavy atom. The molecule has 7 heteroatoms. The van der Waals surface area contributed by atoms with E-state index in [1.165, 1.54) is 12.1 Å². The Balaban J connectivity index is 2.39. The second-order valence-electron chi connectivity index (χ2n) is 3.77. The van der Waals surface area contributed by atoms with Crippen LogP contribution in [0.1, 0.15) is 10.4 Å². The minimum absolute atomic E-state index is 0.0585. The van der Waals surface area contributed by atoms with Gasteiger partial charge >= 0.3 is 0 Å². The molecule has 0 atom stereocenters. The molecule has 0 saturated carbocycles. The van der Waals surface area contributed by atoms with Crippen LogP contribution >= 0.6 is 11.3 Å². The molecule has 98 valence electrons. The molecule has 19 heavy (non-hydrogen) atoms. The zero-order chi connectivity index (χ0) is 14.0. The fraction of sp³-hybridized carbons (Fsp3) is 0.0833. The average Bonchev–Trinajstić information content (AvgIpc) is 2.79. The molecule has 1 N–H and O–H groups in total. The first-order valence-electron chi connectivity index (χ1n) is 5.21. The lowest BCUT2D eigenvalue weighted by Crippen LogP contribution is -2.12. The summed E-state index contributed by atoms with van der Waals surface area (Å²) in [6.45, 7) is 1.79. The van der Waals surface area contributed by atoms with Crippen molar-refractivity contribution in [3.63, 3.8) is 0 Å². The maximum Gasteiger partial charge on any atom is 0.271 e. The third kappa shape index (κ3) is 2.92. The molecule has 4 nitrogen and oxygen atoms in total. The molecule has 1 aromatic heterocycles. The molecule has 0 saturated heterocycles. The number of nitrogens with zero attached hydrogens (tertiary/aromatic N) is 1. The van der Waals surface area contributed by atoms with Crippen LogP contribution in [0.2, 0.25) is 0 Å². The Morgan fingerprint density at radius 1 is 1.32 bits per heavy atom. The van der Waals surface area contributed by atoms with Gasteiger partial charge in [0.2, 0.25) is 0 Å². The summed E-state index contributed by atoms with van der Waals surface area (Å²) < 4.78 is 39.5. The Morgan fingerprint density at radius 2 is 2.05 bits per heavy atom. The van der Waals surface area contributed by atoms with Crippen molar-refractivity contribution in [2.75, 3.05) is 4.72 Å². The molecule has 0 aliphatic rings. The molecule has 0 spiro atoms. The van der Waals surface area contributed by atoms with Gasteiger partial charge in [0.15, 0.2) is 0 Å². The van der Waals surface area contributed by atoms with Gasteiger partial charge in [0.25, 0.3) is 10.0 Å². The molecule has 1 aromatic carbocycles. The summed E-state index contributed by atoms with van der Waals surface area (Å²) in [4.78, 5) is 0.861. The highest BCUT2D eigenvalue weighted by atomic mass is 32.2. The van der Waals surface area contributed by atoms with Gasteiger partial charge in [0.1, 0.15) is 16.1 Å². The number of rotatable bonds is 3. The van der Waals surface area contributed by atoms with E-state index in [9.17, 15) is 12.8 Å². The number of sulfonamides is 1. The van der Waals surface area contributed by atoms with Crippen LogP contribution in [-0.4, -0.2) is 8.42 Å². The average molecular weight is 296 g/mol. The summed E-state index contributed by atoms with van der Waals surface area (Å²) in [7, 11) is -3.74. The quantitative estimate of drug-likeness (QED) is 0.946. The van der Waals surface area contributed by atoms with Gasteiger partial charge < -0.3 is 0 Å². The van der Waals surface area contributed by atoms with Crippen LogP contribution in [0.3, 0.4) is 0 Å². The van der Waals surface area contributed by atoms with Crippen LogP contribution < -0.4 is 4.72 Å². The van der Waals surface area contributed by atoms with Gasteiger partial charge in [0, 0.05) is 4.88 Å². The van der Waals surface area contributed by atoms with Crippen molar-refractivity contribution in [3.8, 4) is 6.07 Å². The van der Waals surface area contributed by atoms with E-state index in [1.807, 2.05) is 0 Å². The maximum atomic E-state index is 13.0. The van der Waals surface area contributed by atoms with Crippen molar-refractivity contribution in [2.45, 2.75) is 11.1 Å². The number of hydrogen-bond donors (Lipinski definition) is 1. The van der Waals surface area contributed by atoms with Gasteiger partial charge in [-0.25, -0.2) is 12.8 Å². The second kappa shape index (κ2) is 4.99. The van der Waals surface area contributed by atoms with Crippen molar-refractivity contribution in [3.05, 3.63) is 46.6 Å². The number of aryl methyl sites for hydroxylation is 1. The molecule has 0 fully saturated rings. The lowest BCUT2D eigenvalue weighted by Gasteiger charge is -2.07. The van der Waals surface area contributed by atoms with E-state index >= 15 is 0 Å². The van der Waals surface area contributed by atoms with Crippen LogP contribution in [0.4, 0.5) is 10.1 Å². The molecule has 0 unspecified atom stereocenters. The first-order chi connectivity index (χ1) is 8.92. The van der Waals surface area contributed by atoms with E-state index < -0.39 is 15.8 Å². The number of hydrogen-bond acceptors (Lipinski definition) is 4. The fourth-order valence-electron chi connectivity index (χ4n) is 1.45. The van der Waals surface area contributed by atoms with Crippen LogP contribution in [0.25, 0.3) is 0 Å². The van der Waals surface area contributed by atoms with Crippen LogP contribution in [0.15, 0.2) is 34.5 Å². The first kappa shape index (κ1) is 13.5. The highest BCUT2D eigenvalue weighted by molar-refractivity contribution is 7.94. The van der Waals surface area contributed by atoms with Crippen molar-refractivity contribution in [1.29, 1.82) is 5.26 Å². The largest absolute Gasteiger partial charge is 0.278 e. The van der Waals surface area contributed by atoms with Gasteiger partial charge in [0.05, 0.1) is 11.3 Å². The SMILES string of the molecule is Cc1ccc(S(=O)(=O)Nc2ccc(F)cc2C#N)s1. The standard InChI is InChI=1S/C12H9FN2O2S2/c1-8-2-5-12(18-8)19(16,17)15-11-4-3-10(13)6-9(11)7-14/h2-6,15H,1H3. The summed E-state index contributed by atoms with van der Waals surface area (Å²) in [5.41, 5.74) is 0.00630. The third-order valence-electron chi connectivity index (χ3n) is 2.33. The number of anilines is 1. The molecule has 1 heterocycles. The van der Waals surface area contributed by atoms with Crippen LogP contribution in [-0.2, 0) is 10.0 Å². The summed E-state index contributed by atoms with van der Waals surface area (Å²) in [6, 6.07) is 8.23. The zero-order valence-corrected chi connectivity index (χ0v) is 11.5. The number of benzene rings is 1. The van der Waals surface area contributed by atoms with Crippen LogP contribution in [0.5, 0.6) is 0 Å². The topological polar surface area (TPSA) is 70.0 Å². The molecule has 0 amide bonds. The van der Waals surface area contributed by atoms with E-state index in [4.69, 9.17) is 5.26 Å². The van der Waals surface area contributed by atoms with Gasteiger partial charge in [-0.2, -0.15) is 5.26 Å². The molecular formula is C12H9FN2O2S2. The third-order valence-corrected chi connectivity index (χ3v) is 5.18. The van der Waals surface area contributed by atoms with Crippen molar-refractivity contribution < 1.29 is 12.8 Å². The van der Waals surface area contributed by atoms with Gasteiger partial charge in [-0.15, -0.1) is 11.3 Å². The molecule has 2 aromatic rings. The first-order valence-corrected chi connectivity index (χ1v) is 7.51. The highest BCUT2D eigenvalue weighted by Gasteiger charge is 2.18. The number of nitriles is 1. The second-order valence-corrected chi connectivity index (χ2v) is 6.97. The number of halogens is 1. The minimum Gasteiger partial charge on any atom is -0.278 e. The lowest BCUT2D eigenvalue weighted by atomic mass is 10.2. The monoisotopic (exact) mass is 296 g/mol. The Hall–Kier alpha value is -1.91. The van der Waals surface area contributed by atoms with Gasteiger partial charge in [-0.3, -0.25) is 4.72 Å². The van der Waals surface area contributed by atoms with Crippen molar-refractivity contribution in [1.82, 2.24) is 0 Å². The Labute approximate surface area is 114 Å². The summed E-state index contributed by atoms with van der Waals surface area (Å²) >= 11 is 1.12. The predicted molar refractivity (Wildman–Crippen MR) is 71.0 cm³/mol. The normalized spacial score (nSPS) is 11.0. The van der Waals surface area contributed by atoms with E-state index in [-0.39, 0.29) is 15.5 Å². The number of thiophene rings is 1. The fourth-order valence-corrected chi connectivity index (χ4v) is 3.81. The Kier molecular flexibility index (Phi) is 3.55. The molecular weight excluding hydrogens is 287 g/mol. The van der Waals surface area contributed by atoms with E-state index in [2.05, 4.69) is 4.72 Å². The number of nitrogens with one attached hydrogen (secondary N) is 1. The summed E-state index contributed by atoms with van der Waals surface area (Å²) in [5, 5.41) is 8.87. The minimum atomic E-state index is -3.74. The smallest absolute Gasteiger partial charge is 0.271 e. The highest BCUT2D eigenvalue weighted by Crippen LogP contribution is 2.25.